The Morgan fingerprint density at radius 1 is 1.03 bits per heavy atom. The maximum absolute atomic E-state index is 13.2. The van der Waals surface area contributed by atoms with Gasteiger partial charge in [-0.2, -0.15) is 5.10 Å². The molecule has 0 saturated carbocycles. The molecule has 3 aromatic rings. The van der Waals surface area contributed by atoms with Crippen molar-refractivity contribution >= 4 is 17.6 Å². The number of para-hydroxylation sites is 1. The number of anilines is 1. The number of amides is 2. The Morgan fingerprint density at radius 3 is 2.31 bits per heavy atom. The predicted octanol–water partition coefficient (Wildman–Crippen LogP) is 5.92. The Bertz CT molecular complexity index is 1160. The summed E-state index contributed by atoms with van der Waals surface area (Å²) in [5, 5.41) is 7.84. The van der Waals surface area contributed by atoms with Gasteiger partial charge in [0.2, 0.25) is 5.91 Å². The van der Waals surface area contributed by atoms with E-state index in [0.717, 1.165) is 36.2 Å². The zero-order valence-electron chi connectivity index (χ0n) is 21.9. The molecule has 1 heterocycles. The van der Waals surface area contributed by atoms with Crippen molar-refractivity contribution in [2.24, 2.45) is 0 Å². The highest BCUT2D eigenvalue weighted by Crippen LogP contribution is 2.27. The van der Waals surface area contributed by atoms with E-state index in [1.54, 1.807) is 9.58 Å². The van der Waals surface area contributed by atoms with E-state index >= 15 is 0 Å². The molecule has 186 valence electrons. The summed E-state index contributed by atoms with van der Waals surface area (Å²) in [6.07, 6.45) is 2.69. The van der Waals surface area contributed by atoms with Gasteiger partial charge in [0.1, 0.15) is 12.4 Å². The maximum Gasteiger partial charge on any atom is 0.254 e. The number of rotatable bonds is 9. The Labute approximate surface area is 209 Å². The number of carbonyl (C=O) groups excluding carboxylic acids is 2. The first kappa shape index (κ1) is 26.2. The fraction of sp³-hybridized carbons (Fsp3) is 0.414. The van der Waals surface area contributed by atoms with Crippen molar-refractivity contribution < 1.29 is 9.59 Å². The summed E-state index contributed by atoms with van der Waals surface area (Å²) in [7, 11) is 0. The molecule has 6 nitrogen and oxygen atoms in total. The van der Waals surface area contributed by atoms with Crippen LogP contribution in [0.4, 0.5) is 5.82 Å². The minimum atomic E-state index is -0.241. The lowest BCUT2D eigenvalue weighted by molar-refractivity contribution is -0.117. The van der Waals surface area contributed by atoms with Crippen molar-refractivity contribution in [3.63, 3.8) is 0 Å². The van der Waals surface area contributed by atoms with Gasteiger partial charge in [0, 0.05) is 23.6 Å². The third-order valence-electron chi connectivity index (χ3n) is 6.10. The Morgan fingerprint density at radius 2 is 1.71 bits per heavy atom. The quantitative estimate of drug-likeness (QED) is 0.418. The molecule has 0 radical (unpaired) electrons. The number of carbonyl (C=O) groups is 2. The largest absolute Gasteiger partial charge is 0.329 e. The van der Waals surface area contributed by atoms with Gasteiger partial charge in [0.05, 0.1) is 11.4 Å². The molecule has 0 unspecified atom stereocenters. The lowest BCUT2D eigenvalue weighted by Gasteiger charge is -2.22. The van der Waals surface area contributed by atoms with Crippen LogP contribution in [0.3, 0.4) is 0 Å². The summed E-state index contributed by atoms with van der Waals surface area (Å²) in [6, 6.07) is 17.5. The molecular weight excluding hydrogens is 436 g/mol. The minimum absolute atomic E-state index is 0.0157. The molecule has 35 heavy (non-hydrogen) atoms. The molecule has 0 aliphatic heterocycles. The number of benzene rings is 2. The average Bonchev–Trinajstić information content (AvgIpc) is 3.25. The minimum Gasteiger partial charge on any atom is -0.329 e. The summed E-state index contributed by atoms with van der Waals surface area (Å²) >= 11 is 0. The van der Waals surface area contributed by atoms with Crippen molar-refractivity contribution in [1.82, 2.24) is 14.7 Å². The third-order valence-corrected chi connectivity index (χ3v) is 6.10. The Hall–Kier alpha value is -3.41. The normalized spacial score (nSPS) is 11.4. The molecule has 0 fully saturated rings. The van der Waals surface area contributed by atoms with E-state index in [9.17, 15) is 9.59 Å². The van der Waals surface area contributed by atoms with Gasteiger partial charge in [0.15, 0.2) is 0 Å². The smallest absolute Gasteiger partial charge is 0.254 e. The van der Waals surface area contributed by atoms with Crippen molar-refractivity contribution in [3.8, 4) is 5.69 Å². The molecule has 0 aliphatic carbocycles. The van der Waals surface area contributed by atoms with Crippen molar-refractivity contribution in [2.45, 2.75) is 66.2 Å². The van der Waals surface area contributed by atoms with Crippen LogP contribution in [0.2, 0.25) is 0 Å². The lowest BCUT2D eigenvalue weighted by atomic mass is 9.92. The highest BCUT2D eigenvalue weighted by atomic mass is 16.2. The van der Waals surface area contributed by atoms with Gasteiger partial charge in [-0.15, -0.1) is 0 Å². The van der Waals surface area contributed by atoms with E-state index in [0.29, 0.717) is 17.9 Å². The summed E-state index contributed by atoms with van der Waals surface area (Å²) in [4.78, 5) is 28.1. The van der Waals surface area contributed by atoms with Crippen LogP contribution in [0.5, 0.6) is 0 Å². The van der Waals surface area contributed by atoms with Crippen LogP contribution in [0.15, 0.2) is 54.6 Å². The molecule has 2 aromatic carbocycles. The van der Waals surface area contributed by atoms with E-state index in [4.69, 9.17) is 5.10 Å². The van der Waals surface area contributed by atoms with Crippen molar-refractivity contribution in [3.05, 3.63) is 77.0 Å². The van der Waals surface area contributed by atoms with Crippen molar-refractivity contribution in [1.29, 1.82) is 0 Å². The van der Waals surface area contributed by atoms with Crippen LogP contribution in [0, 0.1) is 6.92 Å². The van der Waals surface area contributed by atoms with E-state index in [1.807, 2.05) is 61.5 Å². The molecule has 0 atom stereocenters. The summed E-state index contributed by atoms with van der Waals surface area (Å²) < 4.78 is 1.79. The van der Waals surface area contributed by atoms with Crippen LogP contribution in [-0.2, 0) is 16.6 Å². The highest BCUT2D eigenvalue weighted by molar-refractivity contribution is 5.99. The first-order valence-corrected chi connectivity index (χ1v) is 12.5. The van der Waals surface area contributed by atoms with E-state index in [1.165, 1.54) is 5.56 Å². The van der Waals surface area contributed by atoms with Gasteiger partial charge in [0.25, 0.3) is 5.91 Å². The molecule has 0 bridgehead atoms. The average molecular weight is 475 g/mol. The number of hydrogen-bond acceptors (Lipinski definition) is 3. The first-order chi connectivity index (χ1) is 16.6. The number of unbranched alkanes of at least 4 members (excludes halogenated alkanes) is 1. The summed E-state index contributed by atoms with van der Waals surface area (Å²) in [5.41, 5.74) is 4.45. The van der Waals surface area contributed by atoms with Crippen molar-refractivity contribution in [2.75, 3.05) is 18.4 Å². The van der Waals surface area contributed by atoms with E-state index in [2.05, 4.69) is 39.9 Å². The first-order valence-electron chi connectivity index (χ1n) is 12.5. The summed E-state index contributed by atoms with van der Waals surface area (Å²) in [5.74, 6) is 0.235. The van der Waals surface area contributed by atoms with E-state index < -0.39 is 0 Å². The van der Waals surface area contributed by atoms with Crippen LogP contribution >= 0.6 is 0 Å². The van der Waals surface area contributed by atoms with Gasteiger partial charge < -0.3 is 10.2 Å². The fourth-order valence-electron chi connectivity index (χ4n) is 3.84. The van der Waals surface area contributed by atoms with Crippen LogP contribution < -0.4 is 5.32 Å². The molecule has 0 aliphatic rings. The SMILES string of the molecule is CCCCN(CC(=O)Nc1cc(C(C)(C)C)nn1-c1ccccc1C)C(=O)c1ccc(CC)cc1. The van der Waals surface area contributed by atoms with Crippen LogP contribution in [-0.4, -0.2) is 39.6 Å². The van der Waals surface area contributed by atoms with Crippen LogP contribution in [0.25, 0.3) is 5.69 Å². The van der Waals surface area contributed by atoms with Gasteiger partial charge in [-0.05, 0) is 49.1 Å². The number of hydrogen-bond donors (Lipinski definition) is 1. The fourth-order valence-corrected chi connectivity index (χ4v) is 3.84. The monoisotopic (exact) mass is 474 g/mol. The number of nitrogens with one attached hydrogen (secondary N) is 1. The van der Waals surface area contributed by atoms with Gasteiger partial charge >= 0.3 is 0 Å². The highest BCUT2D eigenvalue weighted by Gasteiger charge is 2.24. The Balaban J connectivity index is 1.85. The standard InChI is InChI=1S/C29H38N4O2/c1-7-9-18-32(28(35)23-16-14-22(8-2)15-17-23)20-27(34)30-26-19-25(29(4,5)6)31-33(26)24-13-11-10-12-21(24)3/h10-17,19H,7-9,18,20H2,1-6H3,(H,30,34). The molecule has 1 N–H and O–H groups in total. The lowest BCUT2D eigenvalue weighted by Crippen LogP contribution is -2.39. The molecule has 3 rings (SSSR count). The molecule has 0 spiro atoms. The third kappa shape index (κ3) is 6.59. The summed E-state index contributed by atoms with van der Waals surface area (Å²) in [6.45, 7) is 13.0. The second-order valence-corrected chi connectivity index (χ2v) is 10.0. The maximum atomic E-state index is 13.2. The number of aromatic nitrogens is 2. The molecule has 0 saturated heterocycles. The van der Waals surface area contributed by atoms with Gasteiger partial charge in [-0.3, -0.25) is 9.59 Å². The Kier molecular flexibility index (Phi) is 8.49. The molecule has 1 aromatic heterocycles. The number of aryl methyl sites for hydroxylation is 2. The zero-order chi connectivity index (χ0) is 25.6. The zero-order valence-corrected chi connectivity index (χ0v) is 21.9. The second-order valence-electron chi connectivity index (χ2n) is 10.0. The van der Waals surface area contributed by atoms with Crippen LogP contribution in [0.1, 0.15) is 74.6 Å². The number of nitrogens with zero attached hydrogens (tertiary/aromatic N) is 3. The van der Waals surface area contributed by atoms with E-state index in [-0.39, 0.29) is 23.8 Å². The topological polar surface area (TPSA) is 67.2 Å². The van der Waals surface area contributed by atoms with Gasteiger partial charge in [-0.1, -0.05) is 71.4 Å². The molecule has 6 heteroatoms. The second kappa shape index (κ2) is 11.3. The molecular formula is C29H38N4O2. The molecule has 2 amide bonds. The van der Waals surface area contributed by atoms with Gasteiger partial charge in [-0.25, -0.2) is 4.68 Å². The predicted molar refractivity (Wildman–Crippen MR) is 142 cm³/mol.